The average Bonchev–Trinajstić information content (AvgIpc) is 2.51. The molecule has 0 bridgehead atoms. The normalized spacial score (nSPS) is 25.3. The lowest BCUT2D eigenvalue weighted by Crippen LogP contribution is -2.59. The van der Waals surface area contributed by atoms with E-state index in [1.165, 1.54) is 6.42 Å². The van der Waals surface area contributed by atoms with Gasteiger partial charge in [0.25, 0.3) is 0 Å². The zero-order valence-electron chi connectivity index (χ0n) is 12.8. The molecule has 0 aromatic heterocycles. The molecule has 2 unspecified atom stereocenters. The molecule has 1 aromatic carbocycles. The first-order chi connectivity index (χ1) is 10.2. The summed E-state index contributed by atoms with van der Waals surface area (Å²) in [5, 5.41) is 3.17. The summed E-state index contributed by atoms with van der Waals surface area (Å²) >= 11 is 0. The van der Waals surface area contributed by atoms with Crippen molar-refractivity contribution in [2.24, 2.45) is 11.7 Å². The summed E-state index contributed by atoms with van der Waals surface area (Å²) in [7, 11) is 0. The highest BCUT2D eigenvalue weighted by atomic mass is 16.5. The second-order valence-electron chi connectivity index (χ2n) is 5.97. The van der Waals surface area contributed by atoms with Crippen molar-refractivity contribution >= 4 is 5.91 Å². The van der Waals surface area contributed by atoms with E-state index in [9.17, 15) is 4.79 Å². The first kappa shape index (κ1) is 15.8. The van der Waals surface area contributed by atoms with Gasteiger partial charge in [-0.2, -0.15) is 0 Å². The third kappa shape index (κ3) is 4.21. The number of rotatable bonds is 6. The van der Waals surface area contributed by atoms with Crippen molar-refractivity contribution in [2.75, 3.05) is 13.2 Å². The minimum Gasteiger partial charge on any atom is -0.493 e. The third-order valence-electron chi connectivity index (χ3n) is 4.55. The number of hydrogen-bond donors (Lipinski definition) is 2. The van der Waals surface area contributed by atoms with Gasteiger partial charge in [0.2, 0.25) is 5.91 Å². The van der Waals surface area contributed by atoms with Crippen molar-refractivity contribution < 1.29 is 9.53 Å². The number of amides is 1. The van der Waals surface area contributed by atoms with E-state index >= 15 is 0 Å². The Hall–Kier alpha value is -1.55. The van der Waals surface area contributed by atoms with E-state index in [2.05, 4.69) is 12.2 Å². The summed E-state index contributed by atoms with van der Waals surface area (Å²) in [4.78, 5) is 12.2. The Kier molecular flexibility index (Phi) is 5.62. The van der Waals surface area contributed by atoms with Gasteiger partial charge in [0.1, 0.15) is 5.75 Å². The van der Waals surface area contributed by atoms with Gasteiger partial charge in [-0.3, -0.25) is 4.79 Å². The molecule has 1 amide bonds. The van der Waals surface area contributed by atoms with Crippen LogP contribution in [0.1, 0.15) is 39.0 Å². The molecule has 116 valence electrons. The summed E-state index contributed by atoms with van der Waals surface area (Å²) in [5.74, 6) is 1.27. The Morgan fingerprint density at radius 2 is 2.14 bits per heavy atom. The van der Waals surface area contributed by atoms with Crippen molar-refractivity contribution in [3.63, 3.8) is 0 Å². The fourth-order valence-electron chi connectivity index (χ4n) is 3.07. The van der Waals surface area contributed by atoms with Crippen LogP contribution in [0.15, 0.2) is 30.3 Å². The van der Waals surface area contributed by atoms with E-state index < -0.39 is 0 Å². The second kappa shape index (κ2) is 7.46. The van der Waals surface area contributed by atoms with Gasteiger partial charge < -0.3 is 15.8 Å². The molecule has 1 aliphatic rings. The van der Waals surface area contributed by atoms with Crippen LogP contribution >= 0.6 is 0 Å². The number of ether oxygens (including phenoxy) is 1. The maximum atomic E-state index is 12.2. The van der Waals surface area contributed by atoms with Crippen LogP contribution in [0.3, 0.4) is 0 Å². The van der Waals surface area contributed by atoms with E-state index in [1.807, 2.05) is 30.3 Å². The van der Waals surface area contributed by atoms with E-state index in [0.717, 1.165) is 25.0 Å². The largest absolute Gasteiger partial charge is 0.493 e. The van der Waals surface area contributed by atoms with E-state index in [1.54, 1.807) is 0 Å². The van der Waals surface area contributed by atoms with Crippen LogP contribution in [0.5, 0.6) is 5.75 Å². The molecule has 2 atom stereocenters. The molecule has 1 saturated carbocycles. The SMILES string of the molecule is CC1CCCCC1(CN)NC(=O)CCOc1ccccc1. The van der Waals surface area contributed by atoms with Gasteiger partial charge in [0, 0.05) is 6.54 Å². The monoisotopic (exact) mass is 290 g/mol. The van der Waals surface area contributed by atoms with Gasteiger partial charge in [-0.15, -0.1) is 0 Å². The number of para-hydroxylation sites is 1. The molecule has 21 heavy (non-hydrogen) atoms. The van der Waals surface area contributed by atoms with Crippen LogP contribution in [0.4, 0.5) is 0 Å². The fraction of sp³-hybridized carbons (Fsp3) is 0.588. The highest BCUT2D eigenvalue weighted by Gasteiger charge is 2.37. The van der Waals surface area contributed by atoms with E-state index in [-0.39, 0.29) is 11.4 Å². The van der Waals surface area contributed by atoms with Gasteiger partial charge >= 0.3 is 0 Å². The summed E-state index contributed by atoms with van der Waals surface area (Å²) in [5.41, 5.74) is 5.73. The molecule has 0 aliphatic heterocycles. The molecular weight excluding hydrogens is 264 g/mol. The van der Waals surface area contributed by atoms with Crippen molar-refractivity contribution in [1.29, 1.82) is 0 Å². The van der Waals surface area contributed by atoms with Gasteiger partial charge in [-0.05, 0) is 30.9 Å². The fourth-order valence-corrected chi connectivity index (χ4v) is 3.07. The lowest BCUT2D eigenvalue weighted by Gasteiger charge is -2.42. The predicted octanol–water partition coefficient (Wildman–Crippen LogP) is 2.48. The smallest absolute Gasteiger partial charge is 0.223 e. The molecule has 1 aromatic rings. The topological polar surface area (TPSA) is 64.3 Å². The number of hydrogen-bond acceptors (Lipinski definition) is 3. The third-order valence-corrected chi connectivity index (χ3v) is 4.55. The quantitative estimate of drug-likeness (QED) is 0.846. The lowest BCUT2D eigenvalue weighted by atomic mass is 9.73. The van der Waals surface area contributed by atoms with Crippen LogP contribution in [-0.2, 0) is 4.79 Å². The van der Waals surface area contributed by atoms with Crippen LogP contribution < -0.4 is 15.8 Å². The molecule has 1 fully saturated rings. The van der Waals surface area contributed by atoms with Crippen molar-refractivity contribution in [1.82, 2.24) is 5.32 Å². The zero-order chi connectivity index (χ0) is 15.1. The van der Waals surface area contributed by atoms with Gasteiger partial charge in [-0.25, -0.2) is 0 Å². The number of nitrogens with one attached hydrogen (secondary N) is 1. The minimum absolute atomic E-state index is 0.0325. The molecule has 0 spiro atoms. The Labute approximate surface area is 127 Å². The molecule has 4 heteroatoms. The molecule has 2 rings (SSSR count). The molecule has 0 saturated heterocycles. The Balaban J connectivity index is 1.80. The molecule has 3 N–H and O–H groups in total. The first-order valence-electron chi connectivity index (χ1n) is 7.85. The van der Waals surface area contributed by atoms with Gasteiger partial charge in [0.05, 0.1) is 18.6 Å². The summed E-state index contributed by atoms with van der Waals surface area (Å²) in [6.45, 7) is 3.09. The molecule has 0 radical (unpaired) electrons. The van der Waals surface area contributed by atoms with Crippen molar-refractivity contribution in [3.8, 4) is 5.75 Å². The molecule has 0 heterocycles. The summed E-state index contributed by atoms with van der Waals surface area (Å²) < 4.78 is 5.57. The predicted molar refractivity (Wildman–Crippen MR) is 84.1 cm³/mol. The van der Waals surface area contributed by atoms with Crippen LogP contribution in [0.2, 0.25) is 0 Å². The Morgan fingerprint density at radius 1 is 1.38 bits per heavy atom. The van der Waals surface area contributed by atoms with Crippen LogP contribution in [-0.4, -0.2) is 24.6 Å². The van der Waals surface area contributed by atoms with Gasteiger partial charge in [-0.1, -0.05) is 38.0 Å². The van der Waals surface area contributed by atoms with Crippen molar-refractivity contribution in [3.05, 3.63) is 30.3 Å². The first-order valence-corrected chi connectivity index (χ1v) is 7.85. The van der Waals surface area contributed by atoms with E-state index in [4.69, 9.17) is 10.5 Å². The summed E-state index contributed by atoms with van der Waals surface area (Å²) in [6, 6.07) is 9.56. The zero-order valence-corrected chi connectivity index (χ0v) is 12.8. The second-order valence-corrected chi connectivity index (χ2v) is 5.97. The van der Waals surface area contributed by atoms with Crippen LogP contribution in [0, 0.1) is 5.92 Å². The number of carbonyl (C=O) groups excluding carboxylic acids is 1. The Morgan fingerprint density at radius 3 is 2.81 bits per heavy atom. The number of benzene rings is 1. The highest BCUT2D eigenvalue weighted by Crippen LogP contribution is 2.32. The summed E-state index contributed by atoms with van der Waals surface area (Å²) in [6.07, 6.45) is 4.86. The van der Waals surface area contributed by atoms with Crippen LogP contribution in [0.25, 0.3) is 0 Å². The minimum atomic E-state index is -0.220. The maximum Gasteiger partial charge on any atom is 0.223 e. The molecule has 1 aliphatic carbocycles. The molecular formula is C17H26N2O2. The lowest BCUT2D eigenvalue weighted by molar-refractivity contribution is -0.124. The number of nitrogens with two attached hydrogens (primary N) is 1. The van der Waals surface area contributed by atoms with Gasteiger partial charge in [0.15, 0.2) is 0 Å². The van der Waals surface area contributed by atoms with Crippen molar-refractivity contribution in [2.45, 2.75) is 44.6 Å². The standard InChI is InChI=1S/C17H26N2O2/c1-14-7-5-6-11-17(14,13-18)19-16(20)10-12-21-15-8-3-2-4-9-15/h2-4,8-9,14H,5-7,10-13,18H2,1H3,(H,19,20). The number of carbonyl (C=O) groups is 1. The Bertz CT molecular complexity index is 449. The maximum absolute atomic E-state index is 12.2. The van der Waals surface area contributed by atoms with E-state index in [0.29, 0.717) is 25.5 Å². The highest BCUT2D eigenvalue weighted by molar-refractivity contribution is 5.77. The molecule has 4 nitrogen and oxygen atoms in total. The average molecular weight is 290 g/mol.